The van der Waals surface area contributed by atoms with E-state index in [1.165, 1.54) is 0 Å². The van der Waals surface area contributed by atoms with E-state index < -0.39 is 6.10 Å². The number of pyridine rings is 1. The minimum atomic E-state index is -0.398. The highest BCUT2D eigenvalue weighted by molar-refractivity contribution is 5.83. The fourth-order valence-corrected chi connectivity index (χ4v) is 4.30. The van der Waals surface area contributed by atoms with Crippen LogP contribution in [0.5, 0.6) is 0 Å². The number of hydrogen-bond acceptors (Lipinski definition) is 4. The maximum absolute atomic E-state index is 13.1. The van der Waals surface area contributed by atoms with Gasteiger partial charge in [0.15, 0.2) is 0 Å². The Bertz CT molecular complexity index is 924. The molecule has 0 spiro atoms. The molecule has 0 aliphatic carbocycles. The normalized spacial score (nSPS) is 22.1. The van der Waals surface area contributed by atoms with Crippen molar-refractivity contribution in [1.82, 2.24) is 9.88 Å². The number of carbonyl (C=O) groups is 1. The number of aromatic amines is 1. The van der Waals surface area contributed by atoms with Crippen molar-refractivity contribution in [1.29, 1.82) is 0 Å². The molecule has 4 rings (SSSR count). The largest absolute Gasteiger partial charge is 0.376 e. The van der Waals surface area contributed by atoms with Crippen LogP contribution in [-0.4, -0.2) is 47.8 Å². The summed E-state index contributed by atoms with van der Waals surface area (Å²) in [4.78, 5) is 30.5. The quantitative estimate of drug-likeness (QED) is 0.860. The van der Waals surface area contributed by atoms with E-state index in [4.69, 9.17) is 9.47 Å². The van der Waals surface area contributed by atoms with Crippen molar-refractivity contribution in [2.45, 2.75) is 58.3 Å². The molecule has 150 valence electrons. The van der Waals surface area contributed by atoms with Crippen LogP contribution in [0.1, 0.15) is 42.4 Å². The van der Waals surface area contributed by atoms with Crippen molar-refractivity contribution in [3.8, 4) is 0 Å². The molecule has 0 radical (unpaired) electrons. The number of hydrogen-bond donors (Lipinski definition) is 1. The van der Waals surface area contributed by atoms with Gasteiger partial charge in [0.1, 0.15) is 6.10 Å². The van der Waals surface area contributed by atoms with Gasteiger partial charge >= 0.3 is 0 Å². The van der Waals surface area contributed by atoms with E-state index in [1.807, 2.05) is 19.9 Å². The zero-order valence-corrected chi connectivity index (χ0v) is 16.6. The van der Waals surface area contributed by atoms with Gasteiger partial charge in [0.2, 0.25) is 0 Å². The van der Waals surface area contributed by atoms with E-state index in [0.717, 1.165) is 54.3 Å². The van der Waals surface area contributed by atoms with Gasteiger partial charge < -0.3 is 19.4 Å². The molecule has 2 aliphatic heterocycles. The summed E-state index contributed by atoms with van der Waals surface area (Å²) < 4.78 is 11.4. The molecule has 6 nitrogen and oxygen atoms in total. The van der Waals surface area contributed by atoms with Gasteiger partial charge in [0.05, 0.1) is 18.2 Å². The Balaban J connectivity index is 1.64. The van der Waals surface area contributed by atoms with Crippen LogP contribution in [0.15, 0.2) is 23.0 Å². The van der Waals surface area contributed by atoms with Gasteiger partial charge in [-0.2, -0.15) is 0 Å². The Morgan fingerprint density at radius 3 is 2.64 bits per heavy atom. The minimum Gasteiger partial charge on any atom is -0.376 e. The fourth-order valence-electron chi connectivity index (χ4n) is 4.30. The summed E-state index contributed by atoms with van der Waals surface area (Å²) in [6.45, 7) is 6.18. The summed E-state index contributed by atoms with van der Waals surface area (Å²) in [6.07, 6.45) is 3.25. The van der Waals surface area contributed by atoms with E-state index >= 15 is 0 Å². The van der Waals surface area contributed by atoms with Gasteiger partial charge in [-0.25, -0.2) is 0 Å². The molecule has 1 N–H and O–H groups in total. The van der Waals surface area contributed by atoms with Gasteiger partial charge in [0, 0.05) is 25.3 Å². The minimum absolute atomic E-state index is 0.0343. The van der Waals surface area contributed by atoms with Gasteiger partial charge in [-0.3, -0.25) is 9.59 Å². The molecule has 1 amide bonds. The maximum Gasteiger partial charge on any atom is 0.253 e. The SMILES string of the molecule is Cc1cc(C)c2[nH]c(=O)c(CN(C[C@@H]3CCCO3)C(=O)[C@@H]3CCCO3)cc2c1. The number of fused-ring (bicyclic) bond motifs is 1. The first-order chi connectivity index (χ1) is 13.5. The highest BCUT2D eigenvalue weighted by Gasteiger charge is 2.31. The Morgan fingerprint density at radius 1 is 1.14 bits per heavy atom. The second-order valence-corrected chi connectivity index (χ2v) is 8.03. The smallest absolute Gasteiger partial charge is 0.253 e. The highest BCUT2D eigenvalue weighted by Crippen LogP contribution is 2.22. The first kappa shape index (κ1) is 19.2. The van der Waals surface area contributed by atoms with Crippen LogP contribution < -0.4 is 5.56 Å². The summed E-state index contributed by atoms with van der Waals surface area (Å²) in [5.74, 6) is -0.0343. The van der Waals surface area contributed by atoms with Crippen molar-refractivity contribution in [3.05, 3.63) is 45.2 Å². The van der Waals surface area contributed by atoms with E-state index in [9.17, 15) is 9.59 Å². The average molecular weight is 384 g/mol. The number of nitrogens with zero attached hydrogens (tertiary/aromatic N) is 1. The monoisotopic (exact) mass is 384 g/mol. The van der Waals surface area contributed by atoms with E-state index in [0.29, 0.717) is 18.7 Å². The molecular weight excluding hydrogens is 356 g/mol. The average Bonchev–Trinajstić information content (AvgIpc) is 3.35. The molecule has 1 aromatic heterocycles. The number of benzene rings is 1. The summed E-state index contributed by atoms with van der Waals surface area (Å²) in [6, 6.07) is 6.04. The van der Waals surface area contributed by atoms with Crippen molar-refractivity contribution >= 4 is 16.8 Å². The zero-order valence-electron chi connectivity index (χ0n) is 16.6. The van der Waals surface area contributed by atoms with E-state index in [1.54, 1.807) is 4.90 Å². The molecular formula is C22H28N2O4. The van der Waals surface area contributed by atoms with Gasteiger partial charge in [-0.15, -0.1) is 0 Å². The first-order valence-electron chi connectivity index (χ1n) is 10.2. The highest BCUT2D eigenvalue weighted by atomic mass is 16.5. The van der Waals surface area contributed by atoms with E-state index in [-0.39, 0.29) is 24.1 Å². The molecule has 6 heteroatoms. The molecule has 0 saturated carbocycles. The summed E-state index contributed by atoms with van der Waals surface area (Å²) >= 11 is 0. The third kappa shape index (κ3) is 3.98. The Kier molecular flexibility index (Phi) is 5.51. The first-order valence-corrected chi connectivity index (χ1v) is 10.2. The number of H-pyrrole nitrogens is 1. The van der Waals surface area contributed by atoms with Crippen LogP contribution >= 0.6 is 0 Å². The molecule has 28 heavy (non-hydrogen) atoms. The lowest BCUT2D eigenvalue weighted by Crippen LogP contribution is -2.43. The number of carbonyl (C=O) groups excluding carboxylic acids is 1. The molecule has 2 fully saturated rings. The van der Waals surface area contributed by atoms with Crippen LogP contribution in [0.2, 0.25) is 0 Å². The standard InChI is InChI=1S/C22H28N2O4/c1-14-9-15(2)20-16(10-14)11-17(21(25)23-20)12-24(13-18-5-3-7-27-18)22(26)19-6-4-8-28-19/h9-11,18-19H,3-8,12-13H2,1-2H3,(H,23,25)/t18-,19-/m0/s1. The van der Waals surface area contributed by atoms with Crippen LogP contribution in [0.3, 0.4) is 0 Å². The number of aromatic nitrogens is 1. The molecule has 0 unspecified atom stereocenters. The Morgan fingerprint density at radius 2 is 1.93 bits per heavy atom. The number of amides is 1. The second-order valence-electron chi connectivity index (χ2n) is 8.03. The molecule has 2 atom stereocenters. The van der Waals surface area contributed by atoms with Crippen molar-refractivity contribution in [2.75, 3.05) is 19.8 Å². The number of aryl methyl sites for hydroxylation is 2. The number of rotatable bonds is 5. The van der Waals surface area contributed by atoms with Crippen molar-refractivity contribution < 1.29 is 14.3 Å². The molecule has 2 aromatic rings. The van der Waals surface area contributed by atoms with Crippen LogP contribution in [0.4, 0.5) is 0 Å². The lowest BCUT2D eigenvalue weighted by molar-refractivity contribution is -0.143. The lowest BCUT2D eigenvalue weighted by Gasteiger charge is -2.27. The van der Waals surface area contributed by atoms with Crippen molar-refractivity contribution in [3.63, 3.8) is 0 Å². The molecule has 2 aliphatic rings. The third-order valence-electron chi connectivity index (χ3n) is 5.70. The second kappa shape index (κ2) is 8.05. The molecule has 2 saturated heterocycles. The predicted octanol–water partition coefficient (Wildman–Crippen LogP) is 2.83. The van der Waals surface area contributed by atoms with E-state index in [2.05, 4.69) is 17.1 Å². The predicted molar refractivity (Wildman–Crippen MR) is 107 cm³/mol. The zero-order chi connectivity index (χ0) is 19.7. The van der Waals surface area contributed by atoms with Gasteiger partial charge in [-0.05, 0) is 62.6 Å². The summed E-state index contributed by atoms with van der Waals surface area (Å²) in [5.41, 5.74) is 3.51. The molecule has 1 aromatic carbocycles. The molecule has 3 heterocycles. The number of nitrogens with one attached hydrogen (secondary N) is 1. The lowest BCUT2D eigenvalue weighted by atomic mass is 10.0. The third-order valence-corrected chi connectivity index (χ3v) is 5.70. The van der Waals surface area contributed by atoms with Gasteiger partial charge in [-0.1, -0.05) is 11.6 Å². The summed E-state index contributed by atoms with van der Waals surface area (Å²) in [7, 11) is 0. The van der Waals surface area contributed by atoms with Crippen LogP contribution in [0, 0.1) is 13.8 Å². The van der Waals surface area contributed by atoms with Gasteiger partial charge in [0.25, 0.3) is 11.5 Å². The number of ether oxygens (including phenoxy) is 2. The maximum atomic E-state index is 13.1. The molecule has 0 bridgehead atoms. The van der Waals surface area contributed by atoms with Crippen molar-refractivity contribution in [2.24, 2.45) is 0 Å². The summed E-state index contributed by atoms with van der Waals surface area (Å²) in [5, 5.41) is 0.994. The Labute approximate surface area is 164 Å². The van der Waals surface area contributed by atoms with Crippen LogP contribution in [0.25, 0.3) is 10.9 Å². The van der Waals surface area contributed by atoms with Crippen LogP contribution in [-0.2, 0) is 20.8 Å². The topological polar surface area (TPSA) is 71.6 Å². The fraction of sp³-hybridized carbons (Fsp3) is 0.545. The Hall–Kier alpha value is -2.18.